The van der Waals surface area contributed by atoms with Crippen molar-refractivity contribution in [2.45, 2.75) is 10.8 Å². The van der Waals surface area contributed by atoms with Gasteiger partial charge in [-0.25, -0.2) is 0 Å². The first-order valence-electron chi connectivity index (χ1n) is 8.40. The lowest BCUT2D eigenvalue weighted by molar-refractivity contribution is -0.113. The molecule has 0 atom stereocenters. The van der Waals surface area contributed by atoms with Crippen molar-refractivity contribution in [1.29, 1.82) is 0 Å². The summed E-state index contributed by atoms with van der Waals surface area (Å²) in [7, 11) is 0. The maximum Gasteiger partial charge on any atom is 0.270 e. The molecule has 2 heterocycles. The van der Waals surface area contributed by atoms with Crippen molar-refractivity contribution in [1.82, 2.24) is 0 Å². The van der Waals surface area contributed by atoms with E-state index in [0.717, 1.165) is 10.8 Å². The summed E-state index contributed by atoms with van der Waals surface area (Å²) in [6, 6.07) is 21.1. The van der Waals surface area contributed by atoms with E-state index in [1.54, 1.807) is 36.0 Å². The number of rotatable bonds is 5. The van der Waals surface area contributed by atoms with Gasteiger partial charge in [-0.3, -0.25) is 9.69 Å². The molecule has 0 N–H and O–H groups in total. The second-order valence-electron chi connectivity index (χ2n) is 5.93. The maximum atomic E-state index is 12.8. The normalized spacial score (nSPS) is 15.6. The fourth-order valence-corrected chi connectivity index (χ4v) is 4.94. The van der Waals surface area contributed by atoms with Crippen LogP contribution >= 0.6 is 47.3 Å². The molecule has 1 saturated heterocycles. The molecule has 0 aliphatic carbocycles. The number of hydrogen-bond donors (Lipinski definition) is 0. The third kappa shape index (κ3) is 4.36. The van der Waals surface area contributed by atoms with Crippen LogP contribution in [0.15, 0.2) is 81.1 Å². The van der Waals surface area contributed by atoms with Gasteiger partial charge in [-0.05, 0) is 35.9 Å². The van der Waals surface area contributed by atoms with E-state index >= 15 is 0 Å². The molecule has 28 heavy (non-hydrogen) atoms. The van der Waals surface area contributed by atoms with Gasteiger partial charge in [-0.2, -0.15) is 0 Å². The van der Waals surface area contributed by atoms with Crippen LogP contribution in [0.3, 0.4) is 0 Å². The Bertz CT molecular complexity index is 1060. The molecular formula is C21H14ClNO2S3. The maximum absolute atomic E-state index is 12.8. The third-order valence-electron chi connectivity index (χ3n) is 3.96. The first kappa shape index (κ1) is 19.3. The Morgan fingerprint density at radius 3 is 2.71 bits per heavy atom. The molecule has 3 nitrogen and oxygen atoms in total. The van der Waals surface area contributed by atoms with Crippen LogP contribution in [0.4, 0.5) is 5.69 Å². The first-order valence-corrected chi connectivity index (χ1v) is 11.0. The molecular weight excluding hydrogens is 430 g/mol. The summed E-state index contributed by atoms with van der Waals surface area (Å²) in [5.41, 5.74) is 1.89. The Balaban J connectivity index is 1.48. The molecule has 0 radical (unpaired) electrons. The minimum Gasteiger partial charge on any atom is -0.450 e. The van der Waals surface area contributed by atoms with Crippen molar-refractivity contribution >= 4 is 69.3 Å². The number of thioether (sulfide) groups is 2. The Morgan fingerprint density at radius 1 is 1.11 bits per heavy atom. The summed E-state index contributed by atoms with van der Waals surface area (Å²) in [5, 5.41) is 1.36. The highest BCUT2D eigenvalue weighted by Crippen LogP contribution is 2.37. The predicted molar refractivity (Wildman–Crippen MR) is 122 cm³/mol. The van der Waals surface area contributed by atoms with Crippen LogP contribution in [-0.4, -0.2) is 10.2 Å². The average molecular weight is 444 g/mol. The van der Waals surface area contributed by atoms with Crippen molar-refractivity contribution < 1.29 is 9.21 Å². The smallest absolute Gasteiger partial charge is 0.270 e. The molecule has 1 fully saturated rings. The van der Waals surface area contributed by atoms with Crippen LogP contribution in [0, 0.1) is 0 Å². The summed E-state index contributed by atoms with van der Waals surface area (Å²) in [6.45, 7) is 0. The van der Waals surface area contributed by atoms with Gasteiger partial charge in [-0.15, -0.1) is 0 Å². The molecule has 3 aromatic rings. The van der Waals surface area contributed by atoms with E-state index in [0.29, 0.717) is 25.7 Å². The highest BCUT2D eigenvalue weighted by Gasteiger charge is 2.33. The summed E-state index contributed by atoms with van der Waals surface area (Å²) in [5.74, 6) is 1.28. The SMILES string of the molecule is O=C1/C(=C/c2ccc(SCc3ccccc3)o2)SC(=S)N1c1cccc(Cl)c1. The molecule has 1 amide bonds. The van der Waals surface area contributed by atoms with E-state index in [1.165, 1.54) is 22.2 Å². The number of halogens is 1. The van der Waals surface area contributed by atoms with E-state index in [1.807, 2.05) is 36.4 Å². The molecule has 1 aromatic heterocycles. The number of furan rings is 1. The minimum atomic E-state index is -0.174. The van der Waals surface area contributed by atoms with Gasteiger partial charge in [0.1, 0.15) is 5.76 Å². The Hall–Kier alpha value is -1.99. The number of benzene rings is 2. The zero-order chi connectivity index (χ0) is 19.5. The number of hydrogen-bond acceptors (Lipinski definition) is 5. The first-order chi connectivity index (χ1) is 13.6. The molecule has 1 aliphatic heterocycles. The zero-order valence-corrected chi connectivity index (χ0v) is 17.7. The van der Waals surface area contributed by atoms with E-state index in [4.69, 9.17) is 28.2 Å². The van der Waals surface area contributed by atoms with Crippen molar-refractivity contribution in [2.24, 2.45) is 0 Å². The van der Waals surface area contributed by atoms with Crippen LogP contribution in [0.5, 0.6) is 0 Å². The van der Waals surface area contributed by atoms with Gasteiger partial charge in [0.15, 0.2) is 9.41 Å². The number of carbonyl (C=O) groups excluding carboxylic acids is 1. The molecule has 0 saturated carbocycles. The molecule has 140 valence electrons. The Labute approximate surface area is 181 Å². The summed E-state index contributed by atoms with van der Waals surface area (Å²) >= 11 is 14.3. The van der Waals surface area contributed by atoms with Crippen LogP contribution in [-0.2, 0) is 10.5 Å². The Morgan fingerprint density at radius 2 is 1.93 bits per heavy atom. The van der Waals surface area contributed by atoms with Crippen molar-refractivity contribution in [3.63, 3.8) is 0 Å². The molecule has 4 rings (SSSR count). The van der Waals surface area contributed by atoms with E-state index in [2.05, 4.69) is 12.1 Å². The average Bonchev–Trinajstić information content (AvgIpc) is 3.25. The second-order valence-corrected chi connectivity index (χ2v) is 9.02. The van der Waals surface area contributed by atoms with E-state index in [9.17, 15) is 4.79 Å². The van der Waals surface area contributed by atoms with E-state index in [-0.39, 0.29) is 5.91 Å². The molecule has 0 bridgehead atoms. The monoisotopic (exact) mass is 443 g/mol. The molecule has 0 unspecified atom stereocenters. The Kier molecular flexibility index (Phi) is 5.92. The highest BCUT2D eigenvalue weighted by atomic mass is 35.5. The lowest BCUT2D eigenvalue weighted by Gasteiger charge is -2.14. The topological polar surface area (TPSA) is 33.5 Å². The minimum absolute atomic E-state index is 0.174. The van der Waals surface area contributed by atoms with Crippen LogP contribution in [0.1, 0.15) is 11.3 Å². The standard InChI is InChI=1S/C21H14ClNO2S3/c22-15-7-4-8-16(11-15)23-20(24)18(28-21(23)26)12-17-9-10-19(25-17)27-13-14-5-2-1-3-6-14/h1-12H,13H2/b18-12-. The van der Waals surface area contributed by atoms with Crippen LogP contribution in [0.25, 0.3) is 6.08 Å². The zero-order valence-electron chi connectivity index (χ0n) is 14.5. The quantitative estimate of drug-likeness (QED) is 0.251. The predicted octanol–water partition coefficient (Wildman–Crippen LogP) is 6.63. The fourth-order valence-electron chi connectivity index (χ4n) is 2.65. The number of carbonyl (C=O) groups is 1. The van der Waals surface area contributed by atoms with Gasteiger partial charge >= 0.3 is 0 Å². The van der Waals surface area contributed by atoms with Gasteiger partial charge in [0.25, 0.3) is 5.91 Å². The summed E-state index contributed by atoms with van der Waals surface area (Å²) in [6.07, 6.45) is 1.73. The lowest BCUT2D eigenvalue weighted by atomic mass is 10.2. The summed E-state index contributed by atoms with van der Waals surface area (Å²) in [4.78, 5) is 14.8. The van der Waals surface area contributed by atoms with Crippen LogP contribution in [0.2, 0.25) is 5.02 Å². The molecule has 7 heteroatoms. The molecule has 1 aliphatic rings. The number of thiocarbonyl (C=S) groups is 1. The second kappa shape index (κ2) is 8.57. The van der Waals surface area contributed by atoms with Gasteiger partial charge in [0.05, 0.1) is 10.6 Å². The lowest BCUT2D eigenvalue weighted by Crippen LogP contribution is -2.27. The van der Waals surface area contributed by atoms with Crippen molar-refractivity contribution in [3.8, 4) is 0 Å². The van der Waals surface area contributed by atoms with E-state index < -0.39 is 0 Å². The largest absolute Gasteiger partial charge is 0.450 e. The fraction of sp³-hybridized carbons (Fsp3) is 0.0476. The molecule has 0 spiro atoms. The van der Waals surface area contributed by atoms with Crippen LogP contribution < -0.4 is 4.90 Å². The van der Waals surface area contributed by atoms with Gasteiger partial charge in [0.2, 0.25) is 0 Å². The highest BCUT2D eigenvalue weighted by molar-refractivity contribution is 8.27. The van der Waals surface area contributed by atoms with Crippen molar-refractivity contribution in [3.05, 3.63) is 88.0 Å². The number of anilines is 1. The third-order valence-corrected chi connectivity index (χ3v) is 6.48. The number of amides is 1. The van der Waals surface area contributed by atoms with Gasteiger partial charge in [0, 0.05) is 16.9 Å². The summed E-state index contributed by atoms with van der Waals surface area (Å²) < 4.78 is 6.32. The molecule has 2 aromatic carbocycles. The number of nitrogens with zero attached hydrogens (tertiary/aromatic N) is 1. The van der Waals surface area contributed by atoms with Gasteiger partial charge in [-0.1, -0.05) is 83.7 Å². The van der Waals surface area contributed by atoms with Crippen molar-refractivity contribution in [2.75, 3.05) is 4.90 Å². The van der Waals surface area contributed by atoms with Gasteiger partial charge < -0.3 is 4.42 Å².